The summed E-state index contributed by atoms with van der Waals surface area (Å²) in [5.74, 6) is 0.820. The topological polar surface area (TPSA) is 106 Å². The number of nitrogens with zero attached hydrogens (tertiary/aromatic N) is 8. The number of rotatable bonds is 7. The summed E-state index contributed by atoms with van der Waals surface area (Å²) < 4.78 is 4.74. The molecule has 3 aromatic heterocycles. The molecule has 4 heterocycles. The van der Waals surface area contributed by atoms with Crippen LogP contribution >= 0.6 is 0 Å². The second-order valence-electron chi connectivity index (χ2n) is 10.3. The van der Waals surface area contributed by atoms with Crippen molar-refractivity contribution >= 4 is 28.4 Å². The van der Waals surface area contributed by atoms with Crippen molar-refractivity contribution in [1.82, 2.24) is 34.0 Å². The highest BCUT2D eigenvalue weighted by molar-refractivity contribution is 5.77. The lowest BCUT2D eigenvalue weighted by molar-refractivity contribution is 0.313. The van der Waals surface area contributed by atoms with Crippen LogP contribution in [0.2, 0.25) is 0 Å². The van der Waals surface area contributed by atoms with Gasteiger partial charge in [0.1, 0.15) is 5.39 Å². The van der Waals surface area contributed by atoms with E-state index in [2.05, 4.69) is 51.0 Å². The maximum absolute atomic E-state index is 13.3. The van der Waals surface area contributed by atoms with Gasteiger partial charge in [0.15, 0.2) is 11.5 Å². The van der Waals surface area contributed by atoms with E-state index in [4.69, 9.17) is 4.98 Å². The van der Waals surface area contributed by atoms with Crippen molar-refractivity contribution in [3.63, 3.8) is 0 Å². The molecule has 2 fully saturated rings. The number of hydrogen-bond donors (Lipinski definition) is 1. The minimum absolute atomic E-state index is 0.0690. The maximum Gasteiger partial charge on any atom is 0.278 e. The molecule has 6 rings (SSSR count). The summed E-state index contributed by atoms with van der Waals surface area (Å²) in [6, 6.07) is 11.4. The number of nitrogens with one attached hydrogen (secondary N) is 1. The Hall–Kier alpha value is -4.25. The van der Waals surface area contributed by atoms with Crippen LogP contribution < -0.4 is 21.3 Å². The maximum atomic E-state index is 13.3. The van der Waals surface area contributed by atoms with E-state index < -0.39 is 0 Å². The van der Waals surface area contributed by atoms with Gasteiger partial charge in [-0.25, -0.2) is 19.0 Å². The summed E-state index contributed by atoms with van der Waals surface area (Å²) in [6.45, 7) is 8.18. The Bertz CT molecular complexity index is 1610. The first-order valence-electron chi connectivity index (χ1n) is 13.5. The molecule has 1 saturated carbocycles. The van der Waals surface area contributed by atoms with Gasteiger partial charge in [-0.2, -0.15) is 4.98 Å². The first-order valence-corrected chi connectivity index (χ1v) is 13.5. The van der Waals surface area contributed by atoms with Gasteiger partial charge >= 0.3 is 0 Å². The second kappa shape index (κ2) is 10.5. The van der Waals surface area contributed by atoms with Gasteiger partial charge in [-0.1, -0.05) is 18.9 Å². The zero-order valence-corrected chi connectivity index (χ0v) is 22.2. The third kappa shape index (κ3) is 4.85. The van der Waals surface area contributed by atoms with Crippen LogP contribution in [0, 0.1) is 0 Å². The van der Waals surface area contributed by atoms with E-state index in [0.717, 1.165) is 57.5 Å². The Morgan fingerprint density at radius 1 is 1.03 bits per heavy atom. The quantitative estimate of drug-likeness (QED) is 0.366. The van der Waals surface area contributed by atoms with Gasteiger partial charge in [-0.15, -0.1) is 11.7 Å². The lowest BCUT2D eigenvalue weighted by Crippen LogP contribution is -2.44. The molecule has 1 aromatic carbocycles. The summed E-state index contributed by atoms with van der Waals surface area (Å²) in [7, 11) is 2.15. The first kappa shape index (κ1) is 25.1. The molecule has 0 bridgehead atoms. The zero-order valence-electron chi connectivity index (χ0n) is 22.2. The molecule has 2 aliphatic rings. The highest BCUT2D eigenvalue weighted by atomic mass is 16.1. The predicted octanol–water partition coefficient (Wildman–Crippen LogP) is 2.94. The highest BCUT2D eigenvalue weighted by Gasteiger charge is 2.22. The molecule has 0 unspecified atom stereocenters. The van der Waals surface area contributed by atoms with Crippen molar-refractivity contribution in [2.45, 2.75) is 38.3 Å². The normalized spacial score (nSPS) is 16.7. The third-order valence-corrected chi connectivity index (χ3v) is 7.67. The number of piperazine rings is 1. The molecule has 4 aromatic rings. The molecule has 0 spiro atoms. The van der Waals surface area contributed by atoms with Gasteiger partial charge in [-0.05, 0) is 50.2 Å². The number of likely N-dealkylation sites (N-methyl/N-ethyl adjacent to an activating group) is 1. The van der Waals surface area contributed by atoms with Crippen LogP contribution in [0.25, 0.3) is 16.9 Å². The Balaban J connectivity index is 1.35. The van der Waals surface area contributed by atoms with E-state index in [0.29, 0.717) is 22.8 Å². The van der Waals surface area contributed by atoms with Crippen LogP contribution in [0.1, 0.15) is 31.7 Å². The van der Waals surface area contributed by atoms with Gasteiger partial charge in [-0.3, -0.25) is 9.59 Å². The standard InChI is InChI=1S/C28H33N9O2/c1-3-14-35-27(39)23-19-29-28(30-20-8-10-21(11-9-20)34-17-15-33(2)16-18-34)31-26(23)37(35)24-12-13-25(38)36(32-24)22-6-4-5-7-22/h3,8-13,19,22H,1,4-7,14-18H2,2H3,(H,29,30,31). The zero-order chi connectivity index (χ0) is 26.9. The molecule has 1 aliphatic heterocycles. The predicted molar refractivity (Wildman–Crippen MR) is 152 cm³/mol. The van der Waals surface area contributed by atoms with E-state index >= 15 is 0 Å². The number of allylic oxidation sites excluding steroid dienone is 1. The second-order valence-corrected chi connectivity index (χ2v) is 10.3. The molecule has 11 heteroatoms. The molecule has 11 nitrogen and oxygen atoms in total. The number of aromatic nitrogens is 6. The summed E-state index contributed by atoms with van der Waals surface area (Å²) in [6.07, 6.45) is 7.19. The summed E-state index contributed by atoms with van der Waals surface area (Å²) in [5, 5.41) is 8.33. The third-order valence-electron chi connectivity index (χ3n) is 7.67. The summed E-state index contributed by atoms with van der Waals surface area (Å²) in [4.78, 5) is 39.8. The van der Waals surface area contributed by atoms with E-state index in [1.54, 1.807) is 21.5 Å². The Kier molecular flexibility index (Phi) is 6.74. The molecule has 1 aliphatic carbocycles. The van der Waals surface area contributed by atoms with E-state index in [9.17, 15) is 9.59 Å². The summed E-state index contributed by atoms with van der Waals surface area (Å²) in [5.41, 5.74) is 2.06. The van der Waals surface area contributed by atoms with Crippen LogP contribution in [0.4, 0.5) is 17.3 Å². The Morgan fingerprint density at radius 3 is 2.49 bits per heavy atom. The molecule has 1 N–H and O–H groups in total. The van der Waals surface area contributed by atoms with Crippen molar-refractivity contribution in [3.8, 4) is 5.82 Å². The minimum Gasteiger partial charge on any atom is -0.369 e. The molecule has 1 saturated heterocycles. The van der Waals surface area contributed by atoms with Gasteiger partial charge < -0.3 is 15.1 Å². The van der Waals surface area contributed by atoms with Gasteiger partial charge in [0.05, 0.1) is 12.6 Å². The highest BCUT2D eigenvalue weighted by Crippen LogP contribution is 2.28. The fraction of sp³-hybridized carbons (Fsp3) is 0.393. The van der Waals surface area contributed by atoms with E-state index in [1.807, 2.05) is 12.1 Å². The van der Waals surface area contributed by atoms with Crippen LogP contribution in [0.15, 0.2) is 64.8 Å². The van der Waals surface area contributed by atoms with E-state index in [1.165, 1.54) is 22.6 Å². The van der Waals surface area contributed by atoms with Gasteiger partial charge in [0.2, 0.25) is 5.95 Å². The lowest BCUT2D eigenvalue weighted by Gasteiger charge is -2.34. The smallest absolute Gasteiger partial charge is 0.278 e. The fourth-order valence-corrected chi connectivity index (χ4v) is 5.50. The van der Waals surface area contributed by atoms with Crippen LogP contribution in [-0.2, 0) is 6.54 Å². The lowest BCUT2D eigenvalue weighted by atomic mass is 10.2. The number of fused-ring (bicyclic) bond motifs is 1. The summed E-state index contributed by atoms with van der Waals surface area (Å²) >= 11 is 0. The van der Waals surface area contributed by atoms with Gasteiger partial charge in [0.25, 0.3) is 11.1 Å². The largest absolute Gasteiger partial charge is 0.369 e. The van der Waals surface area contributed by atoms with E-state index in [-0.39, 0.29) is 23.7 Å². The van der Waals surface area contributed by atoms with Crippen molar-refractivity contribution in [2.75, 3.05) is 43.4 Å². The molecule has 0 radical (unpaired) electrons. The number of benzene rings is 1. The average Bonchev–Trinajstić information content (AvgIpc) is 3.57. The van der Waals surface area contributed by atoms with Crippen molar-refractivity contribution in [2.24, 2.45) is 0 Å². The SMILES string of the molecule is C=CCn1c(=O)c2cnc(Nc3ccc(N4CCN(C)CC4)cc3)nc2n1-c1ccc(=O)n(C2CCCC2)n1. The molecule has 202 valence electrons. The number of hydrogen-bond acceptors (Lipinski definition) is 8. The fourth-order valence-electron chi connectivity index (χ4n) is 5.50. The minimum atomic E-state index is -0.242. The average molecular weight is 528 g/mol. The molecular formula is C28H33N9O2. The molecule has 39 heavy (non-hydrogen) atoms. The molecule has 0 atom stereocenters. The first-order chi connectivity index (χ1) is 19.0. The van der Waals surface area contributed by atoms with Crippen molar-refractivity contribution < 1.29 is 0 Å². The Morgan fingerprint density at radius 2 is 1.77 bits per heavy atom. The monoisotopic (exact) mass is 527 g/mol. The van der Waals surface area contributed by atoms with Crippen molar-refractivity contribution in [1.29, 1.82) is 0 Å². The van der Waals surface area contributed by atoms with Crippen LogP contribution in [0.3, 0.4) is 0 Å². The molecular weight excluding hydrogens is 494 g/mol. The van der Waals surface area contributed by atoms with Crippen LogP contribution in [0.5, 0.6) is 0 Å². The Labute approximate surface area is 226 Å². The van der Waals surface area contributed by atoms with Gasteiger partial charge in [0, 0.05) is 49.8 Å². The van der Waals surface area contributed by atoms with Crippen molar-refractivity contribution in [3.05, 3.63) is 76.0 Å². The van der Waals surface area contributed by atoms with Crippen LogP contribution in [-0.4, -0.2) is 67.2 Å². The number of anilines is 3. The molecule has 0 amide bonds.